The van der Waals surface area contributed by atoms with E-state index < -0.39 is 5.60 Å². The molecule has 0 radical (unpaired) electrons. The first kappa shape index (κ1) is 16.5. The monoisotopic (exact) mass is 400 g/mol. The van der Waals surface area contributed by atoms with Gasteiger partial charge in [-0.1, -0.05) is 0 Å². The molecule has 0 unspecified atom stereocenters. The third kappa shape index (κ3) is 3.55. The highest BCUT2D eigenvalue weighted by Crippen LogP contribution is 2.41. The van der Waals surface area contributed by atoms with Crippen molar-refractivity contribution in [1.82, 2.24) is 14.4 Å². The molecule has 5 nitrogen and oxygen atoms in total. The van der Waals surface area contributed by atoms with Gasteiger partial charge in [0.15, 0.2) is 0 Å². The van der Waals surface area contributed by atoms with Crippen LogP contribution >= 0.6 is 15.9 Å². The van der Waals surface area contributed by atoms with Crippen molar-refractivity contribution in [2.45, 2.75) is 44.8 Å². The molecule has 0 atom stereocenters. The SMILES string of the molecule is CC(C)(O)c1cc(C2CC2)cn2cc(CNc3ccnc(Br)c3)nc12. The topological polar surface area (TPSA) is 62.5 Å². The minimum atomic E-state index is -0.918. The molecule has 1 aliphatic rings. The van der Waals surface area contributed by atoms with Gasteiger partial charge >= 0.3 is 0 Å². The molecule has 1 saturated carbocycles. The van der Waals surface area contributed by atoms with E-state index in [0.29, 0.717) is 12.5 Å². The lowest BCUT2D eigenvalue weighted by molar-refractivity contribution is 0.0795. The van der Waals surface area contributed by atoms with Crippen molar-refractivity contribution in [3.63, 3.8) is 0 Å². The van der Waals surface area contributed by atoms with Gasteiger partial charge in [0, 0.05) is 29.8 Å². The number of pyridine rings is 2. The van der Waals surface area contributed by atoms with Crippen molar-refractivity contribution in [1.29, 1.82) is 0 Å². The number of anilines is 1. The fraction of sp³-hybridized carbons (Fsp3) is 0.368. The van der Waals surface area contributed by atoms with Crippen LogP contribution in [0.3, 0.4) is 0 Å². The molecule has 6 heteroatoms. The highest BCUT2D eigenvalue weighted by atomic mass is 79.9. The predicted octanol–water partition coefficient (Wildman–Crippen LogP) is 4.21. The summed E-state index contributed by atoms with van der Waals surface area (Å²) in [7, 11) is 0. The lowest BCUT2D eigenvalue weighted by Crippen LogP contribution is -2.17. The van der Waals surface area contributed by atoms with Gasteiger partial charge in [-0.3, -0.25) is 0 Å². The molecular formula is C19H21BrN4O. The van der Waals surface area contributed by atoms with Gasteiger partial charge in [0.05, 0.1) is 17.8 Å². The van der Waals surface area contributed by atoms with Crippen molar-refractivity contribution >= 4 is 27.3 Å². The van der Waals surface area contributed by atoms with E-state index in [2.05, 4.69) is 42.9 Å². The van der Waals surface area contributed by atoms with E-state index in [1.807, 2.05) is 32.2 Å². The summed E-state index contributed by atoms with van der Waals surface area (Å²) >= 11 is 3.38. The number of halogens is 1. The second-order valence-corrected chi connectivity index (χ2v) is 8.02. The van der Waals surface area contributed by atoms with Crippen LogP contribution in [0.25, 0.3) is 5.65 Å². The predicted molar refractivity (Wildman–Crippen MR) is 102 cm³/mol. The second kappa shape index (κ2) is 6.11. The van der Waals surface area contributed by atoms with Crippen LogP contribution in [0.5, 0.6) is 0 Å². The average molecular weight is 401 g/mol. The Kier molecular flexibility index (Phi) is 4.04. The quantitative estimate of drug-likeness (QED) is 0.629. The van der Waals surface area contributed by atoms with Gasteiger partial charge in [-0.15, -0.1) is 0 Å². The normalized spacial score (nSPS) is 14.9. The molecule has 0 saturated heterocycles. The molecule has 0 aliphatic heterocycles. The third-order valence-corrected chi connectivity index (χ3v) is 4.96. The van der Waals surface area contributed by atoms with E-state index in [0.717, 1.165) is 27.2 Å². The second-order valence-electron chi connectivity index (χ2n) is 7.20. The van der Waals surface area contributed by atoms with Crippen molar-refractivity contribution < 1.29 is 5.11 Å². The van der Waals surface area contributed by atoms with E-state index in [9.17, 15) is 5.11 Å². The van der Waals surface area contributed by atoms with E-state index in [1.165, 1.54) is 18.4 Å². The van der Waals surface area contributed by atoms with Crippen LogP contribution in [0.4, 0.5) is 5.69 Å². The van der Waals surface area contributed by atoms with Crippen LogP contribution in [0.2, 0.25) is 0 Å². The minimum absolute atomic E-state index is 0.613. The van der Waals surface area contributed by atoms with Crippen molar-refractivity contribution in [2.24, 2.45) is 0 Å². The zero-order valence-electron chi connectivity index (χ0n) is 14.3. The summed E-state index contributed by atoms with van der Waals surface area (Å²) < 4.78 is 2.85. The Labute approximate surface area is 155 Å². The average Bonchev–Trinajstić information content (AvgIpc) is 3.31. The molecule has 3 aromatic heterocycles. The standard InChI is InChI=1S/C19H21BrN4O/c1-19(2,25)16-7-13(12-3-4-12)10-24-11-15(23-18(16)24)9-22-14-5-6-21-17(20)8-14/h5-8,10-12,25H,3-4,9H2,1-2H3,(H,21,22). The number of imidazole rings is 1. The Bertz CT molecular complexity index is 925. The van der Waals surface area contributed by atoms with E-state index in [4.69, 9.17) is 4.98 Å². The lowest BCUT2D eigenvalue weighted by atomic mass is 9.97. The van der Waals surface area contributed by atoms with Gasteiger partial charge in [-0.05, 0) is 72.3 Å². The minimum Gasteiger partial charge on any atom is -0.386 e. The number of hydrogen-bond donors (Lipinski definition) is 2. The van der Waals surface area contributed by atoms with E-state index in [-0.39, 0.29) is 0 Å². The first-order valence-corrected chi connectivity index (χ1v) is 9.29. The number of aromatic nitrogens is 3. The summed E-state index contributed by atoms with van der Waals surface area (Å²) in [5, 5.41) is 13.9. The number of nitrogens with zero attached hydrogens (tertiary/aromatic N) is 3. The van der Waals surface area contributed by atoms with Crippen molar-refractivity contribution in [2.75, 3.05) is 5.32 Å². The zero-order valence-corrected chi connectivity index (χ0v) is 15.9. The van der Waals surface area contributed by atoms with Gasteiger partial charge < -0.3 is 14.8 Å². The molecule has 25 heavy (non-hydrogen) atoms. The van der Waals surface area contributed by atoms with Crippen LogP contribution in [0, 0.1) is 0 Å². The van der Waals surface area contributed by atoms with Crippen LogP contribution < -0.4 is 5.32 Å². The summed E-state index contributed by atoms with van der Waals surface area (Å²) in [5.41, 5.74) is 4.00. The molecule has 4 rings (SSSR count). The Hall–Kier alpha value is -1.92. The summed E-state index contributed by atoms with van der Waals surface area (Å²) in [4.78, 5) is 8.88. The van der Waals surface area contributed by atoms with Crippen LogP contribution in [0.1, 0.15) is 49.4 Å². The first-order chi connectivity index (χ1) is 11.9. The molecular weight excluding hydrogens is 380 g/mol. The number of fused-ring (bicyclic) bond motifs is 1. The number of aliphatic hydroxyl groups is 1. The summed E-state index contributed by atoms with van der Waals surface area (Å²) in [6.07, 6.45) is 8.42. The molecule has 2 N–H and O–H groups in total. The fourth-order valence-electron chi connectivity index (χ4n) is 3.05. The maximum Gasteiger partial charge on any atom is 0.143 e. The maximum absolute atomic E-state index is 10.6. The summed E-state index contributed by atoms with van der Waals surface area (Å²) in [6.45, 7) is 4.25. The molecule has 0 aromatic carbocycles. The Morgan fingerprint density at radius 3 is 2.80 bits per heavy atom. The highest BCUT2D eigenvalue weighted by molar-refractivity contribution is 9.10. The zero-order chi connectivity index (χ0) is 17.6. The van der Waals surface area contributed by atoms with Gasteiger partial charge in [-0.2, -0.15) is 0 Å². The summed E-state index contributed by atoms with van der Waals surface area (Å²) in [6, 6.07) is 5.98. The largest absolute Gasteiger partial charge is 0.386 e. The molecule has 0 bridgehead atoms. The van der Waals surface area contributed by atoms with Gasteiger partial charge in [-0.25, -0.2) is 9.97 Å². The molecule has 0 amide bonds. The fourth-order valence-corrected chi connectivity index (χ4v) is 3.42. The van der Waals surface area contributed by atoms with Crippen LogP contribution in [-0.2, 0) is 12.1 Å². The molecule has 1 fully saturated rings. The molecule has 0 spiro atoms. The highest BCUT2D eigenvalue weighted by Gasteiger charge is 2.28. The smallest absolute Gasteiger partial charge is 0.143 e. The van der Waals surface area contributed by atoms with Gasteiger partial charge in [0.2, 0.25) is 0 Å². The molecule has 3 aromatic rings. The van der Waals surface area contributed by atoms with E-state index >= 15 is 0 Å². The van der Waals surface area contributed by atoms with Crippen LogP contribution in [-0.4, -0.2) is 19.5 Å². The Morgan fingerprint density at radius 1 is 1.32 bits per heavy atom. The van der Waals surface area contributed by atoms with E-state index in [1.54, 1.807) is 6.20 Å². The number of nitrogens with one attached hydrogen (secondary N) is 1. The Balaban J connectivity index is 1.66. The molecule has 3 heterocycles. The molecule has 1 aliphatic carbocycles. The number of rotatable bonds is 5. The van der Waals surface area contributed by atoms with Gasteiger partial charge in [0.25, 0.3) is 0 Å². The van der Waals surface area contributed by atoms with Gasteiger partial charge in [0.1, 0.15) is 10.3 Å². The Morgan fingerprint density at radius 2 is 2.12 bits per heavy atom. The third-order valence-electron chi connectivity index (χ3n) is 4.53. The summed E-state index contributed by atoms with van der Waals surface area (Å²) in [5.74, 6) is 0.628. The first-order valence-electron chi connectivity index (χ1n) is 8.50. The lowest BCUT2D eigenvalue weighted by Gasteiger charge is -2.19. The molecule has 130 valence electrons. The maximum atomic E-state index is 10.6. The van der Waals surface area contributed by atoms with Crippen LogP contribution in [0.15, 0.2) is 41.4 Å². The van der Waals surface area contributed by atoms with Crippen molar-refractivity contribution in [3.8, 4) is 0 Å². The number of hydrogen-bond acceptors (Lipinski definition) is 4. The van der Waals surface area contributed by atoms with Crippen molar-refractivity contribution in [3.05, 3.63) is 58.2 Å².